The highest BCUT2D eigenvalue weighted by Crippen LogP contribution is 2.41. The van der Waals surface area contributed by atoms with Gasteiger partial charge in [0.1, 0.15) is 11.7 Å². The van der Waals surface area contributed by atoms with E-state index in [1.54, 1.807) is 6.20 Å². The monoisotopic (exact) mass is 394 g/mol. The van der Waals surface area contributed by atoms with Crippen LogP contribution >= 0.6 is 0 Å². The molecule has 4 rings (SSSR count). The summed E-state index contributed by atoms with van der Waals surface area (Å²) in [6.45, 7) is 6.14. The van der Waals surface area contributed by atoms with Crippen molar-refractivity contribution in [3.63, 3.8) is 0 Å². The van der Waals surface area contributed by atoms with Crippen molar-refractivity contribution < 1.29 is 14.7 Å². The van der Waals surface area contributed by atoms with Crippen LogP contribution in [0.1, 0.15) is 61.3 Å². The number of rotatable bonds is 6. The Bertz CT molecular complexity index is 1070. The molecule has 7 nitrogen and oxygen atoms in total. The van der Waals surface area contributed by atoms with Crippen molar-refractivity contribution in [3.05, 3.63) is 53.5 Å². The predicted molar refractivity (Wildman–Crippen MR) is 110 cm³/mol. The van der Waals surface area contributed by atoms with E-state index in [1.807, 2.05) is 55.8 Å². The Balaban J connectivity index is 1.56. The van der Waals surface area contributed by atoms with Crippen LogP contribution in [0.4, 0.5) is 0 Å². The van der Waals surface area contributed by atoms with Gasteiger partial charge in [-0.25, -0.2) is 4.79 Å². The Kier molecular flexibility index (Phi) is 4.68. The number of aliphatic carboxylic acids is 1. The summed E-state index contributed by atoms with van der Waals surface area (Å²) < 4.78 is 1.90. The van der Waals surface area contributed by atoms with Crippen LogP contribution in [-0.2, 0) is 16.8 Å². The first kappa shape index (κ1) is 19.2. The van der Waals surface area contributed by atoms with Gasteiger partial charge in [-0.05, 0) is 51.3 Å². The molecule has 1 saturated carbocycles. The zero-order chi connectivity index (χ0) is 20.8. The molecule has 0 bridgehead atoms. The Morgan fingerprint density at radius 2 is 2.03 bits per heavy atom. The highest BCUT2D eigenvalue weighted by Gasteiger charge is 2.33. The molecule has 2 aromatic heterocycles. The van der Waals surface area contributed by atoms with Gasteiger partial charge in [0.25, 0.3) is 5.91 Å². The quantitative estimate of drug-likeness (QED) is 0.596. The molecule has 152 valence electrons. The summed E-state index contributed by atoms with van der Waals surface area (Å²) in [4.78, 5) is 27.8. The predicted octanol–water partition coefficient (Wildman–Crippen LogP) is 3.42. The largest absolute Gasteiger partial charge is 0.480 e. The van der Waals surface area contributed by atoms with Crippen LogP contribution in [-0.4, -0.2) is 37.8 Å². The Morgan fingerprint density at radius 1 is 1.31 bits per heavy atom. The molecule has 0 saturated heterocycles. The van der Waals surface area contributed by atoms with Crippen LogP contribution < -0.4 is 5.32 Å². The topological polar surface area (TPSA) is 100 Å². The van der Waals surface area contributed by atoms with E-state index in [9.17, 15) is 14.7 Å². The molecule has 1 aliphatic rings. The average molecular weight is 394 g/mol. The normalized spacial score (nSPS) is 15.4. The second kappa shape index (κ2) is 7.06. The molecule has 29 heavy (non-hydrogen) atoms. The van der Waals surface area contributed by atoms with Crippen molar-refractivity contribution in [1.82, 2.24) is 20.1 Å². The van der Waals surface area contributed by atoms with Gasteiger partial charge in [-0.1, -0.05) is 18.2 Å². The lowest BCUT2D eigenvalue weighted by molar-refractivity contribution is -0.139. The molecule has 3 aromatic rings. The molecular weight excluding hydrogens is 368 g/mol. The molecule has 7 heteroatoms. The standard InChI is InChI=1S/C22H26N4O3/c1-22(2,3)26-19(13-8-9-13)11-17(25-26)20(27)24-18(21(28)29)10-14-12-23-16-7-5-4-6-15(14)16/h4-7,11-13,18,23H,8-10H2,1-3H3,(H,24,27)(H,28,29). The van der Waals surface area contributed by atoms with Gasteiger partial charge in [0.15, 0.2) is 0 Å². The third-order valence-electron chi connectivity index (χ3n) is 5.30. The molecule has 1 aromatic carbocycles. The van der Waals surface area contributed by atoms with E-state index in [4.69, 9.17) is 0 Å². The van der Waals surface area contributed by atoms with Crippen molar-refractivity contribution in [1.29, 1.82) is 0 Å². The SMILES string of the molecule is CC(C)(C)n1nc(C(=O)NC(Cc2c[nH]c3ccccc23)C(=O)O)cc1C1CC1. The van der Waals surface area contributed by atoms with E-state index in [0.717, 1.165) is 35.0 Å². The fourth-order valence-electron chi connectivity index (χ4n) is 3.67. The number of H-pyrrole nitrogens is 1. The minimum Gasteiger partial charge on any atom is -0.480 e. The first-order valence-electron chi connectivity index (χ1n) is 9.93. The number of nitrogens with zero attached hydrogens (tertiary/aromatic N) is 2. The summed E-state index contributed by atoms with van der Waals surface area (Å²) in [7, 11) is 0. The van der Waals surface area contributed by atoms with Crippen LogP contribution in [0.15, 0.2) is 36.5 Å². The summed E-state index contributed by atoms with van der Waals surface area (Å²) in [6.07, 6.45) is 4.19. The summed E-state index contributed by atoms with van der Waals surface area (Å²) in [5.41, 5.74) is 2.87. The lowest BCUT2D eigenvalue weighted by Crippen LogP contribution is -2.42. The number of carbonyl (C=O) groups excluding carboxylic acids is 1. The molecule has 1 unspecified atom stereocenters. The van der Waals surface area contributed by atoms with Crippen molar-refractivity contribution in [3.8, 4) is 0 Å². The first-order chi connectivity index (χ1) is 13.7. The summed E-state index contributed by atoms with van der Waals surface area (Å²) in [6, 6.07) is 8.48. The second-order valence-corrected chi connectivity index (χ2v) is 8.74. The lowest BCUT2D eigenvalue weighted by atomic mass is 10.0. The van der Waals surface area contributed by atoms with Gasteiger partial charge in [-0.3, -0.25) is 9.48 Å². The minimum absolute atomic E-state index is 0.195. The number of para-hydroxylation sites is 1. The number of aromatic nitrogens is 3. The number of carboxylic acid groups (broad SMARTS) is 1. The van der Waals surface area contributed by atoms with Gasteiger partial charge in [0.05, 0.1) is 5.54 Å². The highest BCUT2D eigenvalue weighted by atomic mass is 16.4. The lowest BCUT2D eigenvalue weighted by Gasteiger charge is -2.22. The van der Waals surface area contributed by atoms with E-state index in [2.05, 4.69) is 15.4 Å². The number of carbonyl (C=O) groups is 2. The van der Waals surface area contributed by atoms with Gasteiger partial charge in [0.2, 0.25) is 0 Å². The van der Waals surface area contributed by atoms with E-state index >= 15 is 0 Å². The number of carboxylic acids is 1. The average Bonchev–Trinajstić information content (AvgIpc) is 3.26. The van der Waals surface area contributed by atoms with Crippen molar-refractivity contribution in [2.75, 3.05) is 0 Å². The van der Waals surface area contributed by atoms with E-state index < -0.39 is 17.9 Å². The molecule has 1 amide bonds. The van der Waals surface area contributed by atoms with E-state index in [0.29, 0.717) is 5.92 Å². The number of aromatic amines is 1. The van der Waals surface area contributed by atoms with Crippen LogP contribution in [0.3, 0.4) is 0 Å². The molecular formula is C22H26N4O3. The van der Waals surface area contributed by atoms with Gasteiger partial charge in [0, 0.05) is 35.1 Å². The van der Waals surface area contributed by atoms with Gasteiger partial charge < -0.3 is 15.4 Å². The smallest absolute Gasteiger partial charge is 0.326 e. The Morgan fingerprint density at radius 3 is 2.69 bits per heavy atom. The molecule has 0 aliphatic heterocycles. The maximum atomic E-state index is 12.8. The highest BCUT2D eigenvalue weighted by molar-refractivity contribution is 5.95. The zero-order valence-corrected chi connectivity index (χ0v) is 16.9. The summed E-state index contributed by atoms with van der Waals surface area (Å²) in [5, 5.41) is 17.8. The second-order valence-electron chi connectivity index (χ2n) is 8.74. The summed E-state index contributed by atoms with van der Waals surface area (Å²) in [5.74, 6) is -1.09. The number of nitrogens with one attached hydrogen (secondary N) is 2. The number of hydrogen-bond donors (Lipinski definition) is 3. The minimum atomic E-state index is -1.07. The van der Waals surface area contributed by atoms with Gasteiger partial charge in [-0.15, -0.1) is 0 Å². The van der Waals surface area contributed by atoms with E-state index in [-0.39, 0.29) is 17.7 Å². The van der Waals surface area contributed by atoms with Gasteiger partial charge >= 0.3 is 5.97 Å². The maximum Gasteiger partial charge on any atom is 0.326 e. The number of amides is 1. The fourth-order valence-corrected chi connectivity index (χ4v) is 3.67. The first-order valence-corrected chi connectivity index (χ1v) is 9.93. The maximum absolute atomic E-state index is 12.8. The van der Waals surface area contributed by atoms with Crippen molar-refractivity contribution >= 4 is 22.8 Å². The third-order valence-corrected chi connectivity index (χ3v) is 5.30. The number of fused-ring (bicyclic) bond motifs is 1. The van der Waals surface area contributed by atoms with Gasteiger partial charge in [-0.2, -0.15) is 5.10 Å². The molecule has 1 fully saturated rings. The molecule has 1 atom stereocenters. The Labute approximate surface area is 169 Å². The number of hydrogen-bond acceptors (Lipinski definition) is 3. The van der Waals surface area contributed by atoms with Crippen LogP contribution in [0.2, 0.25) is 0 Å². The van der Waals surface area contributed by atoms with Crippen molar-refractivity contribution in [2.45, 2.75) is 57.5 Å². The van der Waals surface area contributed by atoms with Crippen LogP contribution in [0, 0.1) is 0 Å². The van der Waals surface area contributed by atoms with Crippen molar-refractivity contribution in [2.24, 2.45) is 0 Å². The summed E-state index contributed by atoms with van der Waals surface area (Å²) >= 11 is 0. The molecule has 2 heterocycles. The van der Waals surface area contributed by atoms with E-state index in [1.165, 1.54) is 0 Å². The third kappa shape index (κ3) is 3.90. The zero-order valence-electron chi connectivity index (χ0n) is 16.9. The molecule has 3 N–H and O–H groups in total. The molecule has 0 radical (unpaired) electrons. The fraction of sp³-hybridized carbons (Fsp3) is 0.409. The Hall–Kier alpha value is -3.09. The molecule has 0 spiro atoms. The molecule has 1 aliphatic carbocycles. The van der Waals surface area contributed by atoms with Crippen LogP contribution in [0.25, 0.3) is 10.9 Å². The van der Waals surface area contributed by atoms with Crippen LogP contribution in [0.5, 0.6) is 0 Å². The number of benzene rings is 1.